The van der Waals surface area contributed by atoms with Crippen LogP contribution in [-0.4, -0.2) is 18.5 Å². The average Bonchev–Trinajstić information content (AvgIpc) is 2.35. The summed E-state index contributed by atoms with van der Waals surface area (Å²) < 4.78 is 13.1. The van der Waals surface area contributed by atoms with Gasteiger partial charge in [-0.3, -0.25) is 4.79 Å². The van der Waals surface area contributed by atoms with E-state index in [1.807, 2.05) is 0 Å². The van der Waals surface area contributed by atoms with E-state index in [0.29, 0.717) is 17.7 Å². The second-order valence-corrected chi connectivity index (χ2v) is 4.86. The molecule has 2 rings (SSSR count). The Bertz CT molecular complexity index is 428. The second-order valence-electron chi connectivity index (χ2n) is 4.86. The monoisotopic (exact) mass is 250 g/mol. The molecule has 18 heavy (non-hydrogen) atoms. The minimum Gasteiger partial charge on any atom is -0.326 e. The first-order valence-corrected chi connectivity index (χ1v) is 6.44. The first kappa shape index (κ1) is 13.0. The maximum Gasteiger partial charge on any atom is 0.225 e. The average molecular weight is 250 g/mol. The van der Waals surface area contributed by atoms with E-state index in [2.05, 4.69) is 10.6 Å². The number of amides is 1. The molecule has 0 spiro atoms. The Hall–Kier alpha value is -1.42. The number of piperidine rings is 1. The fourth-order valence-electron chi connectivity index (χ4n) is 2.26. The summed E-state index contributed by atoms with van der Waals surface area (Å²) in [6, 6.07) is 4.90. The van der Waals surface area contributed by atoms with Gasteiger partial charge in [-0.2, -0.15) is 0 Å². The van der Waals surface area contributed by atoms with Crippen LogP contribution in [-0.2, 0) is 4.79 Å². The topological polar surface area (TPSA) is 41.1 Å². The van der Waals surface area contributed by atoms with Crippen molar-refractivity contribution in [1.82, 2.24) is 5.32 Å². The van der Waals surface area contributed by atoms with Crippen LogP contribution in [0, 0.1) is 12.7 Å². The molecule has 1 atom stereocenters. The molecule has 98 valence electrons. The minimum absolute atomic E-state index is 0.0135. The molecule has 0 aromatic heterocycles. The highest BCUT2D eigenvalue weighted by Crippen LogP contribution is 2.15. The fraction of sp³-hybridized carbons (Fsp3) is 0.500. The van der Waals surface area contributed by atoms with Crippen molar-refractivity contribution in [1.29, 1.82) is 0 Å². The highest BCUT2D eigenvalue weighted by molar-refractivity contribution is 5.91. The molecule has 1 aromatic rings. The van der Waals surface area contributed by atoms with E-state index in [-0.39, 0.29) is 17.8 Å². The summed E-state index contributed by atoms with van der Waals surface area (Å²) in [5, 5.41) is 6.15. The van der Waals surface area contributed by atoms with Crippen LogP contribution in [0.25, 0.3) is 0 Å². The quantitative estimate of drug-likeness (QED) is 0.865. The van der Waals surface area contributed by atoms with Gasteiger partial charge in [-0.15, -0.1) is 0 Å². The highest BCUT2D eigenvalue weighted by atomic mass is 19.1. The van der Waals surface area contributed by atoms with Crippen molar-refractivity contribution in [3.05, 3.63) is 29.6 Å². The van der Waals surface area contributed by atoms with Crippen molar-refractivity contribution < 1.29 is 9.18 Å². The lowest BCUT2D eigenvalue weighted by atomic mass is 10.0. The Morgan fingerprint density at radius 2 is 2.33 bits per heavy atom. The van der Waals surface area contributed by atoms with Gasteiger partial charge in [0.25, 0.3) is 0 Å². The summed E-state index contributed by atoms with van der Waals surface area (Å²) in [7, 11) is 0. The van der Waals surface area contributed by atoms with Crippen LogP contribution in [0.5, 0.6) is 0 Å². The molecule has 4 heteroatoms. The molecule has 2 N–H and O–H groups in total. The summed E-state index contributed by atoms with van der Waals surface area (Å²) in [6.07, 6.45) is 3.90. The molecule has 1 aromatic carbocycles. The number of carbonyl (C=O) groups is 1. The number of rotatable bonds is 3. The standard InChI is InChI=1S/C14H19FN2O/c1-10-8-12(5-6-13(10)15)17-14(18)9-11-4-2-3-7-16-11/h5-6,8,11,16H,2-4,7,9H2,1H3,(H,17,18). The number of halogens is 1. The first-order chi connectivity index (χ1) is 8.65. The Morgan fingerprint density at radius 3 is 3.00 bits per heavy atom. The first-order valence-electron chi connectivity index (χ1n) is 6.44. The van der Waals surface area contributed by atoms with Crippen molar-refractivity contribution in [2.75, 3.05) is 11.9 Å². The minimum atomic E-state index is -0.248. The maximum atomic E-state index is 13.1. The lowest BCUT2D eigenvalue weighted by Gasteiger charge is -2.22. The molecular formula is C14H19FN2O. The zero-order valence-electron chi connectivity index (χ0n) is 10.6. The third kappa shape index (κ3) is 3.53. The van der Waals surface area contributed by atoms with Crippen LogP contribution < -0.4 is 10.6 Å². The van der Waals surface area contributed by atoms with Crippen molar-refractivity contribution in [3.63, 3.8) is 0 Å². The van der Waals surface area contributed by atoms with E-state index >= 15 is 0 Å². The predicted molar refractivity (Wildman–Crippen MR) is 70.0 cm³/mol. The Balaban J connectivity index is 1.88. The van der Waals surface area contributed by atoms with E-state index in [1.165, 1.54) is 18.9 Å². The maximum absolute atomic E-state index is 13.1. The van der Waals surface area contributed by atoms with E-state index in [0.717, 1.165) is 13.0 Å². The molecule has 0 saturated carbocycles. The van der Waals surface area contributed by atoms with Gasteiger partial charge in [0.2, 0.25) is 5.91 Å². The van der Waals surface area contributed by atoms with Gasteiger partial charge < -0.3 is 10.6 Å². The Kier molecular flexibility index (Phi) is 4.31. The SMILES string of the molecule is Cc1cc(NC(=O)CC2CCCCN2)ccc1F. The summed E-state index contributed by atoms with van der Waals surface area (Å²) in [6.45, 7) is 2.68. The van der Waals surface area contributed by atoms with Gasteiger partial charge in [-0.1, -0.05) is 6.42 Å². The highest BCUT2D eigenvalue weighted by Gasteiger charge is 2.16. The summed E-state index contributed by atoms with van der Waals surface area (Å²) in [5.41, 5.74) is 1.21. The van der Waals surface area contributed by atoms with Gasteiger partial charge in [0.05, 0.1) is 0 Å². The van der Waals surface area contributed by atoms with Crippen molar-refractivity contribution >= 4 is 11.6 Å². The number of hydrogen-bond donors (Lipinski definition) is 2. The van der Waals surface area contributed by atoms with E-state index in [4.69, 9.17) is 0 Å². The normalized spacial score (nSPS) is 19.6. The number of nitrogens with one attached hydrogen (secondary N) is 2. The smallest absolute Gasteiger partial charge is 0.225 e. The number of aryl methyl sites for hydroxylation is 1. The van der Waals surface area contributed by atoms with E-state index in [1.54, 1.807) is 19.1 Å². The number of hydrogen-bond acceptors (Lipinski definition) is 2. The van der Waals surface area contributed by atoms with Crippen LogP contribution in [0.2, 0.25) is 0 Å². The molecule has 1 aliphatic heterocycles. The third-order valence-corrected chi connectivity index (χ3v) is 3.29. The van der Waals surface area contributed by atoms with Crippen molar-refractivity contribution in [2.24, 2.45) is 0 Å². The second kappa shape index (κ2) is 5.96. The molecule has 0 aliphatic carbocycles. The predicted octanol–water partition coefficient (Wildman–Crippen LogP) is 2.60. The van der Waals surface area contributed by atoms with Gasteiger partial charge in [0.1, 0.15) is 5.82 Å². The van der Waals surface area contributed by atoms with Crippen LogP contribution in [0.4, 0.5) is 10.1 Å². The molecule has 0 bridgehead atoms. The van der Waals surface area contributed by atoms with Gasteiger partial charge in [-0.25, -0.2) is 4.39 Å². The lowest BCUT2D eigenvalue weighted by molar-refractivity contribution is -0.116. The van der Waals surface area contributed by atoms with Crippen molar-refractivity contribution in [2.45, 2.75) is 38.6 Å². The van der Waals surface area contributed by atoms with Crippen LogP contribution in [0.1, 0.15) is 31.2 Å². The lowest BCUT2D eigenvalue weighted by Crippen LogP contribution is -2.36. The third-order valence-electron chi connectivity index (χ3n) is 3.29. The van der Waals surface area contributed by atoms with Gasteiger partial charge in [0.15, 0.2) is 0 Å². The summed E-state index contributed by atoms with van der Waals surface area (Å²) >= 11 is 0. The van der Waals surface area contributed by atoms with Crippen LogP contribution in [0.15, 0.2) is 18.2 Å². The van der Waals surface area contributed by atoms with Crippen LogP contribution in [0.3, 0.4) is 0 Å². The van der Waals surface area contributed by atoms with E-state index in [9.17, 15) is 9.18 Å². The van der Waals surface area contributed by atoms with Gasteiger partial charge >= 0.3 is 0 Å². The largest absolute Gasteiger partial charge is 0.326 e. The molecule has 1 heterocycles. The molecular weight excluding hydrogens is 231 g/mol. The summed E-state index contributed by atoms with van der Waals surface area (Å²) in [5.74, 6) is -0.262. The molecule has 1 unspecified atom stereocenters. The molecule has 1 amide bonds. The molecule has 1 fully saturated rings. The molecule has 1 aliphatic rings. The van der Waals surface area contributed by atoms with Crippen LogP contribution >= 0.6 is 0 Å². The van der Waals surface area contributed by atoms with Gasteiger partial charge in [-0.05, 0) is 50.1 Å². The summed E-state index contributed by atoms with van der Waals surface area (Å²) in [4.78, 5) is 11.8. The number of benzene rings is 1. The zero-order chi connectivity index (χ0) is 13.0. The Labute approximate surface area is 107 Å². The van der Waals surface area contributed by atoms with Gasteiger partial charge in [0, 0.05) is 18.2 Å². The molecule has 3 nitrogen and oxygen atoms in total. The molecule has 0 radical (unpaired) electrons. The fourth-order valence-corrected chi connectivity index (χ4v) is 2.26. The molecule has 1 saturated heterocycles. The van der Waals surface area contributed by atoms with Crippen molar-refractivity contribution in [3.8, 4) is 0 Å². The number of anilines is 1. The number of carbonyl (C=O) groups excluding carboxylic acids is 1. The Morgan fingerprint density at radius 1 is 1.50 bits per heavy atom. The van der Waals surface area contributed by atoms with E-state index < -0.39 is 0 Å². The zero-order valence-corrected chi connectivity index (χ0v) is 10.6.